The number of carbonyl (C=O) groups is 1. The largest absolute Gasteiger partial charge is 0.439 e. The number of nitrogens with zero attached hydrogens (tertiary/aromatic N) is 8. The minimum Gasteiger partial charge on any atom is -0.439 e. The van der Waals surface area contributed by atoms with E-state index in [1.165, 1.54) is 11.1 Å². The Balaban J connectivity index is 1.38. The molecule has 0 bridgehead atoms. The molecule has 0 spiro atoms. The van der Waals surface area contributed by atoms with E-state index in [1.54, 1.807) is 28.2 Å². The van der Waals surface area contributed by atoms with Crippen molar-refractivity contribution in [2.45, 2.75) is 32.0 Å². The van der Waals surface area contributed by atoms with Gasteiger partial charge in [-0.05, 0) is 30.0 Å². The number of piperidine rings is 1. The second kappa shape index (κ2) is 8.99. The summed E-state index contributed by atoms with van der Waals surface area (Å²) in [6.45, 7) is 2.25. The summed E-state index contributed by atoms with van der Waals surface area (Å²) in [6, 6.07) is 7.28. The fourth-order valence-electron chi connectivity index (χ4n) is 3.42. The molecule has 29 heavy (non-hydrogen) atoms. The predicted octanol–water partition coefficient (Wildman–Crippen LogP) is 2.21. The summed E-state index contributed by atoms with van der Waals surface area (Å²) in [5.74, 6) is 0.435. The van der Waals surface area contributed by atoms with Crippen LogP contribution in [0.2, 0.25) is 5.02 Å². The molecule has 1 aliphatic rings. The summed E-state index contributed by atoms with van der Waals surface area (Å²) < 4.78 is 5.82. The Morgan fingerprint density at radius 2 is 1.90 bits per heavy atom. The maximum absolute atomic E-state index is 12.8. The minimum atomic E-state index is -0.614. The van der Waals surface area contributed by atoms with E-state index in [4.69, 9.17) is 16.3 Å². The number of carbonyl (C=O) groups excluding carboxylic acids is 1. The molecule has 1 atom stereocenters. The molecular formula is C18H21ClN8O2. The van der Waals surface area contributed by atoms with Crippen LogP contribution >= 0.6 is 11.6 Å². The van der Waals surface area contributed by atoms with Gasteiger partial charge in [0.05, 0.1) is 18.9 Å². The molecule has 0 saturated carbocycles. The first kappa shape index (κ1) is 19.3. The molecule has 1 saturated heterocycles. The van der Waals surface area contributed by atoms with E-state index in [-0.39, 0.29) is 12.6 Å². The maximum atomic E-state index is 12.8. The lowest BCUT2D eigenvalue weighted by Gasteiger charge is -2.32. The number of halogens is 1. The summed E-state index contributed by atoms with van der Waals surface area (Å²) in [7, 11) is 0. The van der Waals surface area contributed by atoms with Gasteiger partial charge in [-0.15, -0.1) is 10.2 Å². The Morgan fingerprint density at radius 1 is 1.14 bits per heavy atom. The number of rotatable bonds is 6. The first-order chi connectivity index (χ1) is 14.2. The lowest BCUT2D eigenvalue weighted by molar-refractivity contribution is 0.0408. The van der Waals surface area contributed by atoms with Gasteiger partial charge in [-0.2, -0.15) is 19.8 Å². The lowest BCUT2D eigenvalue weighted by Crippen LogP contribution is -2.40. The Kier molecular flexibility index (Phi) is 5.99. The van der Waals surface area contributed by atoms with E-state index in [0.717, 1.165) is 19.4 Å². The second-order valence-corrected chi connectivity index (χ2v) is 7.31. The van der Waals surface area contributed by atoms with Crippen LogP contribution in [0.15, 0.2) is 43.0 Å². The van der Waals surface area contributed by atoms with Crippen molar-refractivity contribution in [1.82, 2.24) is 40.1 Å². The van der Waals surface area contributed by atoms with Crippen LogP contribution < -0.4 is 0 Å². The molecule has 1 unspecified atom stereocenters. The predicted molar refractivity (Wildman–Crippen MR) is 103 cm³/mol. The van der Waals surface area contributed by atoms with Crippen LogP contribution in [0.3, 0.4) is 0 Å². The lowest BCUT2D eigenvalue weighted by atomic mass is 9.97. The molecular weight excluding hydrogens is 396 g/mol. The van der Waals surface area contributed by atoms with Crippen molar-refractivity contribution in [2.75, 3.05) is 13.1 Å². The van der Waals surface area contributed by atoms with Crippen molar-refractivity contribution in [2.24, 2.45) is 5.92 Å². The Labute approximate surface area is 172 Å². The van der Waals surface area contributed by atoms with Gasteiger partial charge in [0, 0.05) is 23.7 Å². The highest BCUT2D eigenvalue weighted by Gasteiger charge is 2.28. The standard InChI is InChI=1S/C18H21ClN8O2/c19-16-4-2-1-3-15(16)17(12-27-23-13-20-24-27)29-18(28)25-9-5-14(6-10-25)11-26-21-7-8-22-26/h1-4,7-8,13-14,17H,5-6,9-12H2. The number of likely N-dealkylation sites (tertiary alicyclic amines) is 1. The van der Waals surface area contributed by atoms with Crippen LogP contribution in [0.1, 0.15) is 24.5 Å². The van der Waals surface area contributed by atoms with Crippen molar-refractivity contribution < 1.29 is 9.53 Å². The summed E-state index contributed by atoms with van der Waals surface area (Å²) in [5, 5.41) is 20.4. The fourth-order valence-corrected chi connectivity index (χ4v) is 3.68. The molecule has 4 rings (SSSR count). The highest BCUT2D eigenvalue weighted by atomic mass is 35.5. The maximum Gasteiger partial charge on any atom is 0.410 e. The molecule has 152 valence electrons. The van der Waals surface area contributed by atoms with Gasteiger partial charge in [-0.3, -0.25) is 0 Å². The van der Waals surface area contributed by atoms with Crippen molar-refractivity contribution >= 4 is 17.7 Å². The number of tetrazole rings is 1. The van der Waals surface area contributed by atoms with Crippen LogP contribution in [0.5, 0.6) is 0 Å². The fraction of sp³-hybridized carbons (Fsp3) is 0.444. The third-order valence-corrected chi connectivity index (χ3v) is 5.32. The molecule has 0 radical (unpaired) electrons. The van der Waals surface area contributed by atoms with Gasteiger partial charge in [0.15, 0.2) is 12.4 Å². The molecule has 0 aliphatic carbocycles. The quantitative estimate of drug-likeness (QED) is 0.606. The van der Waals surface area contributed by atoms with Gasteiger partial charge in [-0.1, -0.05) is 29.8 Å². The third kappa shape index (κ3) is 4.89. The molecule has 11 heteroatoms. The molecule has 3 aromatic rings. The van der Waals surface area contributed by atoms with E-state index < -0.39 is 6.10 Å². The molecule has 3 heterocycles. The zero-order chi connectivity index (χ0) is 20.1. The molecule has 1 aromatic carbocycles. The van der Waals surface area contributed by atoms with Crippen molar-refractivity contribution in [3.8, 4) is 0 Å². The van der Waals surface area contributed by atoms with Crippen LogP contribution in [-0.4, -0.2) is 59.3 Å². The van der Waals surface area contributed by atoms with Crippen molar-refractivity contribution in [3.05, 3.63) is 53.6 Å². The molecule has 10 nitrogen and oxygen atoms in total. The van der Waals surface area contributed by atoms with E-state index in [2.05, 4.69) is 25.6 Å². The van der Waals surface area contributed by atoms with Crippen LogP contribution in [-0.2, 0) is 17.8 Å². The minimum absolute atomic E-state index is 0.233. The van der Waals surface area contributed by atoms with Crippen LogP contribution in [0.25, 0.3) is 0 Å². The molecule has 2 aromatic heterocycles. The number of hydrogen-bond donors (Lipinski definition) is 0. The third-order valence-electron chi connectivity index (χ3n) is 4.98. The molecule has 1 aliphatic heterocycles. The van der Waals surface area contributed by atoms with Gasteiger partial charge in [0.25, 0.3) is 0 Å². The van der Waals surface area contributed by atoms with Gasteiger partial charge in [-0.25, -0.2) is 4.79 Å². The Bertz CT molecular complexity index is 910. The van der Waals surface area contributed by atoms with Gasteiger partial charge >= 0.3 is 6.09 Å². The molecule has 0 N–H and O–H groups in total. The van der Waals surface area contributed by atoms with Crippen LogP contribution in [0, 0.1) is 5.92 Å². The van der Waals surface area contributed by atoms with Crippen molar-refractivity contribution in [1.29, 1.82) is 0 Å². The topological polar surface area (TPSA) is 104 Å². The van der Waals surface area contributed by atoms with E-state index in [9.17, 15) is 4.79 Å². The highest BCUT2D eigenvalue weighted by molar-refractivity contribution is 6.31. The van der Waals surface area contributed by atoms with Crippen molar-refractivity contribution in [3.63, 3.8) is 0 Å². The first-order valence-corrected chi connectivity index (χ1v) is 9.81. The SMILES string of the molecule is O=C(OC(Cn1ncnn1)c1ccccc1Cl)N1CCC(Cn2nccn2)CC1. The number of ether oxygens (including phenoxy) is 1. The average Bonchev–Trinajstić information content (AvgIpc) is 3.43. The first-order valence-electron chi connectivity index (χ1n) is 9.44. The zero-order valence-electron chi connectivity index (χ0n) is 15.7. The summed E-state index contributed by atoms with van der Waals surface area (Å²) in [6.07, 6.45) is 5.44. The Morgan fingerprint density at radius 3 is 2.59 bits per heavy atom. The van der Waals surface area contributed by atoms with E-state index in [1.807, 2.05) is 18.2 Å². The highest BCUT2D eigenvalue weighted by Crippen LogP contribution is 2.28. The normalized spacial score (nSPS) is 16.0. The summed E-state index contributed by atoms with van der Waals surface area (Å²) in [4.78, 5) is 17.6. The number of amides is 1. The number of hydrogen-bond acceptors (Lipinski definition) is 7. The van der Waals surface area contributed by atoms with Gasteiger partial charge in [0.1, 0.15) is 6.54 Å². The van der Waals surface area contributed by atoms with Gasteiger partial charge in [0.2, 0.25) is 0 Å². The van der Waals surface area contributed by atoms with E-state index in [0.29, 0.717) is 29.6 Å². The average molecular weight is 417 g/mol. The van der Waals surface area contributed by atoms with Gasteiger partial charge < -0.3 is 9.64 Å². The number of benzene rings is 1. The zero-order valence-corrected chi connectivity index (χ0v) is 16.5. The smallest absolute Gasteiger partial charge is 0.410 e. The van der Waals surface area contributed by atoms with Crippen LogP contribution in [0.4, 0.5) is 4.79 Å². The molecule has 1 amide bonds. The summed E-state index contributed by atoms with van der Waals surface area (Å²) in [5.41, 5.74) is 0.708. The van der Waals surface area contributed by atoms with E-state index >= 15 is 0 Å². The second-order valence-electron chi connectivity index (χ2n) is 6.90. The molecule has 1 fully saturated rings. The summed E-state index contributed by atoms with van der Waals surface area (Å²) >= 11 is 6.33. The number of aromatic nitrogens is 7. The Hall–Kier alpha value is -3.01. The monoisotopic (exact) mass is 416 g/mol.